The van der Waals surface area contributed by atoms with E-state index in [0.29, 0.717) is 16.1 Å². The molecule has 1 aromatic rings. The van der Waals surface area contributed by atoms with Crippen LogP contribution in [0.25, 0.3) is 0 Å². The Balaban J connectivity index is 3.21. The van der Waals surface area contributed by atoms with Crippen LogP contribution in [0.2, 0.25) is 5.02 Å². The maximum absolute atomic E-state index is 11.1. The molecule has 0 amide bonds. The minimum atomic E-state index is -0.404. The Morgan fingerprint density at radius 2 is 2.27 bits per heavy atom. The van der Waals surface area contributed by atoms with Crippen LogP contribution in [0.15, 0.2) is 12.1 Å². The van der Waals surface area contributed by atoms with Gasteiger partial charge in [0.1, 0.15) is 0 Å². The molecule has 0 N–H and O–H groups in total. The van der Waals surface area contributed by atoms with Gasteiger partial charge in [-0.25, -0.2) is 0 Å². The van der Waals surface area contributed by atoms with Gasteiger partial charge in [0.2, 0.25) is 0 Å². The standard InChI is InChI=1S/C11H10ClNO2/c1-7-3-4-10(12)8(9(7)6-13)5-11(14)15-2/h3-4H,5H2,1-2H3. The van der Waals surface area contributed by atoms with Crippen molar-refractivity contribution in [3.05, 3.63) is 33.8 Å². The van der Waals surface area contributed by atoms with Gasteiger partial charge in [0.25, 0.3) is 0 Å². The summed E-state index contributed by atoms with van der Waals surface area (Å²) in [7, 11) is 1.30. The van der Waals surface area contributed by atoms with Crippen molar-refractivity contribution in [3.63, 3.8) is 0 Å². The van der Waals surface area contributed by atoms with Crippen molar-refractivity contribution in [2.45, 2.75) is 13.3 Å². The number of hydrogen-bond acceptors (Lipinski definition) is 3. The van der Waals surface area contributed by atoms with Crippen LogP contribution in [-0.4, -0.2) is 13.1 Å². The first-order valence-corrected chi connectivity index (χ1v) is 4.72. The molecule has 0 aliphatic rings. The van der Waals surface area contributed by atoms with E-state index in [9.17, 15) is 4.79 Å². The molecular formula is C11H10ClNO2. The summed E-state index contributed by atoms with van der Waals surface area (Å²) in [6, 6.07) is 5.47. The van der Waals surface area contributed by atoms with E-state index in [-0.39, 0.29) is 6.42 Å². The van der Waals surface area contributed by atoms with Gasteiger partial charge in [-0.1, -0.05) is 17.7 Å². The van der Waals surface area contributed by atoms with Crippen LogP contribution in [0.1, 0.15) is 16.7 Å². The van der Waals surface area contributed by atoms with E-state index < -0.39 is 5.97 Å². The van der Waals surface area contributed by atoms with Crippen molar-refractivity contribution in [1.82, 2.24) is 0 Å². The Morgan fingerprint density at radius 1 is 1.60 bits per heavy atom. The van der Waals surface area contributed by atoms with E-state index >= 15 is 0 Å². The predicted octanol–water partition coefficient (Wildman–Crippen LogP) is 2.24. The number of ether oxygens (including phenoxy) is 1. The fraction of sp³-hybridized carbons (Fsp3) is 0.273. The summed E-state index contributed by atoms with van der Waals surface area (Å²) in [5.41, 5.74) is 1.79. The van der Waals surface area contributed by atoms with Crippen LogP contribution in [0.4, 0.5) is 0 Å². The summed E-state index contributed by atoms with van der Waals surface area (Å²) < 4.78 is 4.54. The predicted molar refractivity (Wildman–Crippen MR) is 56.6 cm³/mol. The van der Waals surface area contributed by atoms with Crippen molar-refractivity contribution in [2.24, 2.45) is 0 Å². The zero-order chi connectivity index (χ0) is 11.4. The Morgan fingerprint density at radius 3 is 2.80 bits per heavy atom. The highest BCUT2D eigenvalue weighted by Gasteiger charge is 2.13. The zero-order valence-corrected chi connectivity index (χ0v) is 9.26. The number of methoxy groups -OCH3 is 1. The quantitative estimate of drug-likeness (QED) is 0.723. The number of aryl methyl sites for hydroxylation is 1. The van der Waals surface area contributed by atoms with Crippen molar-refractivity contribution >= 4 is 17.6 Å². The first-order valence-electron chi connectivity index (χ1n) is 4.35. The number of nitrogens with zero attached hydrogens (tertiary/aromatic N) is 1. The third-order valence-corrected chi connectivity index (χ3v) is 2.48. The third kappa shape index (κ3) is 2.48. The van der Waals surface area contributed by atoms with E-state index in [2.05, 4.69) is 4.74 Å². The molecule has 0 spiro atoms. The Hall–Kier alpha value is -1.53. The average Bonchev–Trinajstić information content (AvgIpc) is 2.23. The lowest BCUT2D eigenvalue weighted by molar-refractivity contribution is -0.139. The molecule has 0 aliphatic carbocycles. The molecule has 3 nitrogen and oxygen atoms in total. The molecule has 0 bridgehead atoms. The molecule has 0 unspecified atom stereocenters. The first kappa shape index (κ1) is 11.5. The minimum Gasteiger partial charge on any atom is -0.469 e. The molecule has 0 saturated heterocycles. The monoisotopic (exact) mass is 223 g/mol. The first-order chi connectivity index (χ1) is 7.10. The molecule has 0 atom stereocenters. The number of benzene rings is 1. The number of halogens is 1. The number of carbonyl (C=O) groups is 1. The largest absolute Gasteiger partial charge is 0.469 e. The summed E-state index contributed by atoms with van der Waals surface area (Å²) in [4.78, 5) is 11.1. The van der Waals surface area contributed by atoms with Crippen LogP contribution in [0.5, 0.6) is 0 Å². The van der Waals surface area contributed by atoms with Crippen molar-refractivity contribution < 1.29 is 9.53 Å². The lowest BCUT2D eigenvalue weighted by Gasteiger charge is -2.07. The number of carbonyl (C=O) groups excluding carboxylic acids is 1. The van der Waals surface area contributed by atoms with Crippen LogP contribution in [0.3, 0.4) is 0 Å². The summed E-state index contributed by atoms with van der Waals surface area (Å²) in [6.45, 7) is 1.80. The van der Waals surface area contributed by atoms with Crippen LogP contribution >= 0.6 is 11.6 Å². The molecule has 0 aromatic heterocycles. The highest BCUT2D eigenvalue weighted by atomic mass is 35.5. The molecule has 0 fully saturated rings. The second-order valence-electron chi connectivity index (χ2n) is 3.08. The van der Waals surface area contributed by atoms with Gasteiger partial charge in [0.15, 0.2) is 0 Å². The number of esters is 1. The molecule has 78 valence electrons. The molecule has 0 saturated carbocycles. The topological polar surface area (TPSA) is 50.1 Å². The Kier molecular flexibility index (Phi) is 3.70. The minimum absolute atomic E-state index is 0.0277. The smallest absolute Gasteiger partial charge is 0.310 e. The lowest BCUT2D eigenvalue weighted by Crippen LogP contribution is -2.07. The molecule has 1 aromatic carbocycles. The molecule has 0 radical (unpaired) electrons. The Bertz CT molecular complexity index is 435. The van der Waals surface area contributed by atoms with Crippen molar-refractivity contribution in [1.29, 1.82) is 5.26 Å². The van der Waals surface area contributed by atoms with Gasteiger partial charge in [-0.05, 0) is 24.1 Å². The van der Waals surface area contributed by atoms with Gasteiger partial charge >= 0.3 is 5.97 Å². The number of rotatable bonds is 2. The van der Waals surface area contributed by atoms with Crippen LogP contribution in [0, 0.1) is 18.3 Å². The summed E-state index contributed by atoms with van der Waals surface area (Å²) in [6.07, 6.45) is 0.0277. The maximum Gasteiger partial charge on any atom is 0.310 e. The van der Waals surface area contributed by atoms with Gasteiger partial charge in [-0.15, -0.1) is 0 Å². The van der Waals surface area contributed by atoms with Crippen molar-refractivity contribution in [2.75, 3.05) is 7.11 Å². The fourth-order valence-corrected chi connectivity index (χ4v) is 1.51. The Labute approximate surface area is 93.2 Å². The SMILES string of the molecule is COC(=O)Cc1c(Cl)ccc(C)c1C#N. The van der Waals surface area contributed by atoms with E-state index in [4.69, 9.17) is 16.9 Å². The molecule has 0 heterocycles. The molecule has 1 rings (SSSR count). The third-order valence-electron chi connectivity index (χ3n) is 2.12. The highest BCUT2D eigenvalue weighted by Crippen LogP contribution is 2.23. The summed E-state index contributed by atoms with van der Waals surface area (Å²) in [5.74, 6) is -0.404. The number of nitriles is 1. The van der Waals surface area contributed by atoms with Crippen LogP contribution < -0.4 is 0 Å². The molecule has 15 heavy (non-hydrogen) atoms. The van der Waals surface area contributed by atoms with Gasteiger partial charge in [-0.3, -0.25) is 4.79 Å². The second kappa shape index (κ2) is 4.81. The normalized spacial score (nSPS) is 9.47. The van der Waals surface area contributed by atoms with Gasteiger partial charge < -0.3 is 4.74 Å². The summed E-state index contributed by atoms with van der Waals surface area (Å²) in [5, 5.41) is 9.37. The highest BCUT2D eigenvalue weighted by molar-refractivity contribution is 6.31. The van der Waals surface area contributed by atoms with E-state index in [1.54, 1.807) is 19.1 Å². The van der Waals surface area contributed by atoms with E-state index in [1.807, 2.05) is 6.07 Å². The van der Waals surface area contributed by atoms with E-state index in [1.165, 1.54) is 7.11 Å². The molecule has 0 aliphatic heterocycles. The second-order valence-corrected chi connectivity index (χ2v) is 3.49. The molecular weight excluding hydrogens is 214 g/mol. The van der Waals surface area contributed by atoms with Crippen LogP contribution in [-0.2, 0) is 16.0 Å². The molecule has 4 heteroatoms. The van der Waals surface area contributed by atoms with Gasteiger partial charge in [0, 0.05) is 5.02 Å². The van der Waals surface area contributed by atoms with Crippen molar-refractivity contribution in [3.8, 4) is 6.07 Å². The summed E-state index contributed by atoms with van der Waals surface area (Å²) >= 11 is 5.92. The number of hydrogen-bond donors (Lipinski definition) is 0. The lowest BCUT2D eigenvalue weighted by atomic mass is 10.0. The zero-order valence-electron chi connectivity index (χ0n) is 8.50. The van der Waals surface area contributed by atoms with Gasteiger partial charge in [-0.2, -0.15) is 5.26 Å². The van der Waals surface area contributed by atoms with Gasteiger partial charge in [0.05, 0.1) is 25.2 Å². The average molecular weight is 224 g/mol. The maximum atomic E-state index is 11.1. The van der Waals surface area contributed by atoms with E-state index in [0.717, 1.165) is 5.56 Å². The fourth-order valence-electron chi connectivity index (χ4n) is 1.28.